The van der Waals surface area contributed by atoms with Crippen LogP contribution in [-0.4, -0.2) is 30.9 Å². The Hall–Kier alpha value is -2.76. The van der Waals surface area contributed by atoms with E-state index in [1.807, 2.05) is 43.3 Å². The summed E-state index contributed by atoms with van der Waals surface area (Å²) in [5.41, 5.74) is 0.527. The third-order valence-corrected chi connectivity index (χ3v) is 4.21. The molecule has 0 radical (unpaired) electrons. The number of amides is 1. The third kappa shape index (κ3) is 3.68. The summed E-state index contributed by atoms with van der Waals surface area (Å²) >= 11 is 0. The molecule has 2 aromatic rings. The molecule has 1 aromatic carbocycles. The number of rotatable bonds is 6. The second-order valence-corrected chi connectivity index (χ2v) is 6.26. The van der Waals surface area contributed by atoms with Gasteiger partial charge in [-0.1, -0.05) is 17.3 Å². The van der Waals surface area contributed by atoms with E-state index in [4.69, 9.17) is 14.0 Å². The maximum Gasteiger partial charge on any atom is 0.267 e. The van der Waals surface area contributed by atoms with Crippen LogP contribution < -0.4 is 10.1 Å². The molecule has 6 heteroatoms. The first-order valence-electron chi connectivity index (χ1n) is 8.24. The van der Waals surface area contributed by atoms with Crippen molar-refractivity contribution in [2.45, 2.75) is 32.3 Å². The highest BCUT2D eigenvalue weighted by molar-refractivity contribution is 6.07. The number of hydrogen-bond acceptors (Lipinski definition) is 5. The first kappa shape index (κ1) is 17.1. The molecule has 6 nitrogen and oxygen atoms in total. The molecule has 25 heavy (non-hydrogen) atoms. The lowest BCUT2D eigenvalue weighted by atomic mass is 9.94. The van der Waals surface area contributed by atoms with Gasteiger partial charge < -0.3 is 19.3 Å². The van der Waals surface area contributed by atoms with E-state index >= 15 is 0 Å². The lowest BCUT2D eigenvalue weighted by Crippen LogP contribution is -2.45. The molecule has 0 fully saturated rings. The number of hydrogen-bond donors (Lipinski definition) is 1. The maximum absolute atomic E-state index is 12.5. The molecule has 0 saturated carbocycles. The second kappa shape index (κ2) is 7.01. The Labute approximate surface area is 146 Å². The predicted octanol–water partition coefficient (Wildman–Crippen LogP) is 2.84. The van der Waals surface area contributed by atoms with Crippen molar-refractivity contribution in [3.05, 3.63) is 53.5 Å². The second-order valence-electron chi connectivity index (χ2n) is 6.26. The number of benzene rings is 1. The summed E-state index contributed by atoms with van der Waals surface area (Å²) < 4.78 is 10.9. The number of carbonyl (C=O) groups is 1. The Bertz CT molecular complexity index is 796. The molecular formula is C19H22N2O4. The van der Waals surface area contributed by atoms with Crippen LogP contribution in [0.15, 0.2) is 46.0 Å². The minimum atomic E-state index is -1.02. The van der Waals surface area contributed by atoms with E-state index in [0.717, 1.165) is 17.1 Å². The fourth-order valence-corrected chi connectivity index (χ4v) is 2.79. The number of oxime groups is 1. The Morgan fingerprint density at radius 3 is 2.84 bits per heavy atom. The quantitative estimate of drug-likeness (QED) is 0.876. The summed E-state index contributed by atoms with van der Waals surface area (Å²) in [6.45, 7) is 4.12. The summed E-state index contributed by atoms with van der Waals surface area (Å²) in [5, 5.41) is 7.01. The number of aryl methyl sites for hydroxylation is 1. The minimum absolute atomic E-state index is 0.190. The molecule has 1 amide bonds. The zero-order valence-electron chi connectivity index (χ0n) is 14.7. The van der Waals surface area contributed by atoms with Gasteiger partial charge in [0.05, 0.1) is 12.8 Å². The van der Waals surface area contributed by atoms with Gasteiger partial charge in [-0.15, -0.1) is 0 Å². The van der Waals surface area contributed by atoms with Crippen LogP contribution in [-0.2, 0) is 16.1 Å². The van der Waals surface area contributed by atoms with Gasteiger partial charge in [0, 0.05) is 24.9 Å². The first-order chi connectivity index (χ1) is 12.0. The average Bonchev–Trinajstić information content (AvgIpc) is 3.21. The average molecular weight is 342 g/mol. The van der Waals surface area contributed by atoms with Gasteiger partial charge in [0.2, 0.25) is 5.60 Å². The molecule has 2 heterocycles. The minimum Gasteiger partial charge on any atom is -0.496 e. The zero-order chi connectivity index (χ0) is 17.9. The van der Waals surface area contributed by atoms with E-state index in [9.17, 15) is 4.79 Å². The van der Waals surface area contributed by atoms with Crippen molar-refractivity contribution in [2.75, 3.05) is 13.7 Å². The topological polar surface area (TPSA) is 73.1 Å². The van der Waals surface area contributed by atoms with Crippen LogP contribution >= 0.6 is 0 Å². The maximum atomic E-state index is 12.5. The Morgan fingerprint density at radius 1 is 1.32 bits per heavy atom. The van der Waals surface area contributed by atoms with Gasteiger partial charge in [0.15, 0.2) is 0 Å². The van der Waals surface area contributed by atoms with Gasteiger partial charge >= 0.3 is 0 Å². The van der Waals surface area contributed by atoms with Crippen molar-refractivity contribution in [2.24, 2.45) is 5.16 Å². The van der Waals surface area contributed by atoms with Gasteiger partial charge in [-0.05, 0) is 38.1 Å². The Kier molecular flexibility index (Phi) is 4.79. The molecule has 0 bridgehead atoms. The SMILES string of the molecule is COc1ccccc1C1=NO[C@](C)(C(=O)NCCc2ccc(C)o2)C1. The molecule has 1 aliphatic rings. The number of carbonyl (C=O) groups excluding carboxylic acids is 1. The van der Waals surface area contributed by atoms with Crippen molar-refractivity contribution < 1.29 is 18.8 Å². The summed E-state index contributed by atoms with van der Waals surface area (Å²) in [6, 6.07) is 11.4. The highest BCUT2D eigenvalue weighted by Crippen LogP contribution is 2.30. The molecule has 132 valence electrons. The monoisotopic (exact) mass is 342 g/mol. The number of nitrogens with one attached hydrogen (secondary N) is 1. The summed E-state index contributed by atoms with van der Waals surface area (Å²) in [6.07, 6.45) is 1.02. The van der Waals surface area contributed by atoms with Crippen LogP contribution in [0, 0.1) is 6.92 Å². The molecule has 3 rings (SSSR count). The van der Waals surface area contributed by atoms with E-state index < -0.39 is 5.60 Å². The molecule has 1 aromatic heterocycles. The van der Waals surface area contributed by atoms with Crippen LogP contribution in [0.5, 0.6) is 5.75 Å². The smallest absolute Gasteiger partial charge is 0.267 e. The fraction of sp³-hybridized carbons (Fsp3) is 0.368. The van der Waals surface area contributed by atoms with Gasteiger partial charge in [-0.25, -0.2) is 0 Å². The largest absolute Gasteiger partial charge is 0.496 e. The molecule has 1 N–H and O–H groups in total. The van der Waals surface area contributed by atoms with Crippen LogP contribution in [0.4, 0.5) is 0 Å². The van der Waals surface area contributed by atoms with Gasteiger partial charge in [-0.3, -0.25) is 4.79 Å². The number of nitrogens with zero attached hydrogens (tertiary/aromatic N) is 1. The van der Waals surface area contributed by atoms with Crippen molar-refractivity contribution >= 4 is 11.6 Å². The standard InChI is InChI=1S/C19H22N2O4/c1-13-8-9-14(24-13)10-11-20-18(22)19(2)12-16(21-25-19)15-6-4-5-7-17(15)23-3/h4-9H,10-12H2,1-3H3,(H,20,22)/t19-/m0/s1. The third-order valence-electron chi connectivity index (χ3n) is 4.21. The van der Waals surface area contributed by atoms with E-state index in [-0.39, 0.29) is 5.91 Å². The summed E-state index contributed by atoms with van der Waals surface area (Å²) in [7, 11) is 1.61. The van der Waals surface area contributed by atoms with Gasteiger partial charge in [0.1, 0.15) is 17.3 Å². The predicted molar refractivity (Wildman–Crippen MR) is 93.8 cm³/mol. The molecule has 1 aliphatic heterocycles. The van der Waals surface area contributed by atoms with E-state index in [1.165, 1.54) is 0 Å². The lowest BCUT2D eigenvalue weighted by molar-refractivity contribution is -0.141. The van der Waals surface area contributed by atoms with E-state index in [0.29, 0.717) is 30.8 Å². The first-order valence-corrected chi connectivity index (χ1v) is 8.24. The fourth-order valence-electron chi connectivity index (χ4n) is 2.79. The Balaban J connectivity index is 1.59. The highest BCUT2D eigenvalue weighted by atomic mass is 16.7. The zero-order valence-corrected chi connectivity index (χ0v) is 14.7. The summed E-state index contributed by atoms with van der Waals surface area (Å²) in [4.78, 5) is 18.0. The molecule has 0 spiro atoms. The Morgan fingerprint density at radius 2 is 2.12 bits per heavy atom. The van der Waals surface area contributed by atoms with Gasteiger partial charge in [-0.2, -0.15) is 0 Å². The van der Waals surface area contributed by atoms with Crippen LogP contribution in [0.25, 0.3) is 0 Å². The number of methoxy groups -OCH3 is 1. The van der Waals surface area contributed by atoms with Crippen LogP contribution in [0.3, 0.4) is 0 Å². The molecule has 1 atom stereocenters. The van der Waals surface area contributed by atoms with Crippen LogP contribution in [0.2, 0.25) is 0 Å². The molecule has 0 aliphatic carbocycles. The van der Waals surface area contributed by atoms with Crippen molar-refractivity contribution in [1.82, 2.24) is 5.32 Å². The summed E-state index contributed by atoms with van der Waals surface area (Å²) in [5.74, 6) is 2.23. The van der Waals surface area contributed by atoms with Gasteiger partial charge in [0.25, 0.3) is 5.91 Å². The lowest BCUT2D eigenvalue weighted by Gasteiger charge is -2.20. The van der Waals surface area contributed by atoms with E-state index in [1.54, 1.807) is 14.0 Å². The highest BCUT2D eigenvalue weighted by Gasteiger charge is 2.42. The number of furan rings is 1. The van der Waals surface area contributed by atoms with Crippen LogP contribution in [0.1, 0.15) is 30.4 Å². The molecule has 0 unspecified atom stereocenters. The molecule has 0 saturated heterocycles. The normalized spacial score (nSPS) is 19.2. The molecular weight excluding hydrogens is 320 g/mol. The van der Waals surface area contributed by atoms with Crippen molar-refractivity contribution in [3.8, 4) is 5.75 Å². The number of ether oxygens (including phenoxy) is 1. The van der Waals surface area contributed by atoms with E-state index in [2.05, 4.69) is 10.5 Å². The van der Waals surface area contributed by atoms with Crippen molar-refractivity contribution in [3.63, 3.8) is 0 Å². The van der Waals surface area contributed by atoms with Crippen molar-refractivity contribution in [1.29, 1.82) is 0 Å². The number of para-hydroxylation sites is 1.